The van der Waals surface area contributed by atoms with E-state index in [1.807, 2.05) is 0 Å². The molecular formula is C27H30F3N5O3. The number of nitrogens with zero attached hydrogens (tertiary/aromatic N) is 4. The molecule has 38 heavy (non-hydrogen) atoms. The number of piperidine rings is 1. The number of alkyl halides is 2. The molecule has 0 radical (unpaired) electrons. The monoisotopic (exact) mass is 529 g/mol. The molecule has 3 aromatic rings. The fourth-order valence-corrected chi connectivity index (χ4v) is 5.38. The van der Waals surface area contributed by atoms with E-state index in [1.165, 1.54) is 25.4 Å². The number of halogens is 3. The fraction of sp³-hybridized carbons (Fsp3) is 0.481. The Morgan fingerprint density at radius 1 is 1.18 bits per heavy atom. The highest BCUT2D eigenvalue weighted by molar-refractivity contribution is 5.87. The van der Waals surface area contributed by atoms with Crippen LogP contribution in [-0.4, -0.2) is 45.5 Å². The van der Waals surface area contributed by atoms with Crippen molar-refractivity contribution in [2.45, 2.75) is 63.6 Å². The number of amides is 1. The van der Waals surface area contributed by atoms with E-state index in [0.29, 0.717) is 48.3 Å². The molecule has 2 fully saturated rings. The fourth-order valence-electron chi connectivity index (χ4n) is 5.38. The summed E-state index contributed by atoms with van der Waals surface area (Å²) in [5, 5.41) is 3.70. The van der Waals surface area contributed by atoms with E-state index in [0.717, 1.165) is 18.9 Å². The maximum atomic E-state index is 14.9. The van der Waals surface area contributed by atoms with Crippen LogP contribution in [0.2, 0.25) is 0 Å². The number of fused-ring (bicyclic) bond motifs is 1. The van der Waals surface area contributed by atoms with Crippen LogP contribution in [-0.2, 0) is 15.1 Å². The van der Waals surface area contributed by atoms with Gasteiger partial charge in [0.15, 0.2) is 0 Å². The zero-order valence-electron chi connectivity index (χ0n) is 21.5. The van der Waals surface area contributed by atoms with E-state index >= 15 is 0 Å². The van der Waals surface area contributed by atoms with Crippen molar-refractivity contribution in [2.75, 3.05) is 25.5 Å². The molecule has 1 saturated carbocycles. The molecule has 0 unspecified atom stereocenters. The first-order valence-electron chi connectivity index (χ1n) is 12.7. The Kier molecular flexibility index (Phi) is 6.89. The third-order valence-electron chi connectivity index (χ3n) is 7.75. The van der Waals surface area contributed by atoms with Crippen molar-refractivity contribution in [3.8, 4) is 0 Å². The van der Waals surface area contributed by atoms with Gasteiger partial charge in [0.2, 0.25) is 5.91 Å². The van der Waals surface area contributed by atoms with E-state index in [2.05, 4.69) is 15.3 Å². The normalized spacial score (nSPS) is 18.1. The smallest absolute Gasteiger partial charge is 0.266 e. The number of carbonyl (C=O) groups is 1. The first kappa shape index (κ1) is 26.1. The van der Waals surface area contributed by atoms with E-state index < -0.39 is 29.4 Å². The highest BCUT2D eigenvalue weighted by Crippen LogP contribution is 2.40. The van der Waals surface area contributed by atoms with Gasteiger partial charge in [0, 0.05) is 38.7 Å². The Balaban J connectivity index is 1.60. The highest BCUT2D eigenvalue weighted by atomic mass is 19.3. The van der Waals surface area contributed by atoms with Gasteiger partial charge in [0.25, 0.3) is 12.0 Å². The maximum Gasteiger partial charge on any atom is 0.266 e. The molecule has 2 aliphatic rings. The van der Waals surface area contributed by atoms with Crippen LogP contribution in [0, 0.1) is 5.82 Å². The number of likely N-dealkylation sites (tertiary alicyclic amines) is 1. The topological polar surface area (TPSA) is 89.3 Å². The Morgan fingerprint density at radius 2 is 1.87 bits per heavy atom. The minimum absolute atomic E-state index is 0.00324. The summed E-state index contributed by atoms with van der Waals surface area (Å²) in [5.74, 6) is -0.639. The van der Waals surface area contributed by atoms with Crippen LogP contribution < -0.4 is 10.9 Å². The van der Waals surface area contributed by atoms with Gasteiger partial charge in [-0.3, -0.25) is 14.2 Å². The predicted octanol–water partition coefficient (Wildman–Crippen LogP) is 4.86. The maximum absolute atomic E-state index is 14.9. The van der Waals surface area contributed by atoms with Crippen LogP contribution in [0.5, 0.6) is 0 Å². The molecule has 8 nitrogen and oxygen atoms in total. The molecule has 1 aliphatic carbocycles. The van der Waals surface area contributed by atoms with Gasteiger partial charge < -0.3 is 15.0 Å². The van der Waals surface area contributed by atoms with Crippen LogP contribution in [0.4, 0.5) is 19.0 Å². The van der Waals surface area contributed by atoms with Crippen molar-refractivity contribution in [3.63, 3.8) is 0 Å². The third-order valence-corrected chi connectivity index (χ3v) is 7.75. The van der Waals surface area contributed by atoms with Crippen LogP contribution >= 0.6 is 0 Å². The summed E-state index contributed by atoms with van der Waals surface area (Å²) >= 11 is 0. The Labute approximate surface area is 217 Å². The number of aromatic nitrogens is 3. The summed E-state index contributed by atoms with van der Waals surface area (Å²) in [4.78, 5) is 36.3. The highest BCUT2D eigenvalue weighted by Gasteiger charge is 2.41. The summed E-state index contributed by atoms with van der Waals surface area (Å²) in [6, 6.07) is 4.94. The summed E-state index contributed by atoms with van der Waals surface area (Å²) in [6.07, 6.45) is 0.979. The van der Waals surface area contributed by atoms with Crippen LogP contribution in [0.25, 0.3) is 11.0 Å². The average Bonchev–Trinajstić information content (AvgIpc) is 3.73. The van der Waals surface area contributed by atoms with Crippen molar-refractivity contribution < 1.29 is 22.7 Å². The number of carbonyl (C=O) groups excluding carboxylic acids is 1. The minimum Gasteiger partial charge on any atom is -0.373 e. The van der Waals surface area contributed by atoms with Gasteiger partial charge in [-0.15, -0.1) is 0 Å². The molecule has 5 rings (SSSR count). The lowest BCUT2D eigenvalue weighted by Gasteiger charge is -2.40. The van der Waals surface area contributed by atoms with E-state index in [1.54, 1.807) is 29.6 Å². The second kappa shape index (κ2) is 10.0. The molecule has 1 aliphatic heterocycles. The second-order valence-corrected chi connectivity index (χ2v) is 10.0. The molecule has 0 bridgehead atoms. The van der Waals surface area contributed by atoms with Crippen molar-refractivity contribution in [1.29, 1.82) is 0 Å². The molecule has 202 valence electrons. The van der Waals surface area contributed by atoms with Crippen LogP contribution in [0.3, 0.4) is 0 Å². The Bertz CT molecular complexity index is 1430. The van der Waals surface area contributed by atoms with Gasteiger partial charge in [-0.2, -0.15) is 0 Å². The van der Waals surface area contributed by atoms with Gasteiger partial charge in [-0.1, -0.05) is 18.2 Å². The van der Waals surface area contributed by atoms with Crippen molar-refractivity contribution in [2.24, 2.45) is 0 Å². The molecule has 3 heterocycles. The van der Waals surface area contributed by atoms with Crippen LogP contribution in [0.15, 0.2) is 35.4 Å². The number of ether oxygens (including phenoxy) is 1. The SMILES string of the molecule is COC1(c2cc3c(N[C@H](C)c4cccc(C(F)F)c4F)ncnc3n(C3CC3)c2=O)CCN(C(C)=O)CC1. The first-order chi connectivity index (χ1) is 18.2. The lowest BCUT2D eigenvalue weighted by atomic mass is 9.84. The molecule has 1 aromatic carbocycles. The predicted molar refractivity (Wildman–Crippen MR) is 136 cm³/mol. The van der Waals surface area contributed by atoms with Gasteiger partial charge >= 0.3 is 0 Å². The minimum atomic E-state index is -2.93. The number of rotatable bonds is 7. The number of nitrogens with one attached hydrogen (secondary N) is 1. The molecule has 1 N–H and O–H groups in total. The van der Waals surface area contributed by atoms with Crippen molar-refractivity contribution in [1.82, 2.24) is 19.4 Å². The molecule has 11 heteroatoms. The van der Waals surface area contributed by atoms with E-state index in [4.69, 9.17) is 4.74 Å². The zero-order valence-corrected chi connectivity index (χ0v) is 21.5. The summed E-state index contributed by atoms with van der Waals surface area (Å²) in [6.45, 7) is 4.09. The number of hydrogen-bond acceptors (Lipinski definition) is 6. The largest absolute Gasteiger partial charge is 0.373 e. The first-order valence-corrected chi connectivity index (χ1v) is 12.7. The summed E-state index contributed by atoms with van der Waals surface area (Å²) < 4.78 is 49.1. The molecule has 1 atom stereocenters. The van der Waals surface area contributed by atoms with E-state index in [9.17, 15) is 22.8 Å². The number of anilines is 1. The Morgan fingerprint density at radius 3 is 2.47 bits per heavy atom. The van der Waals surface area contributed by atoms with Gasteiger partial charge in [0.1, 0.15) is 29.2 Å². The lowest BCUT2D eigenvalue weighted by Crippen LogP contribution is -2.48. The molecule has 2 aromatic heterocycles. The molecule has 0 spiro atoms. The molecule has 1 saturated heterocycles. The summed E-state index contributed by atoms with van der Waals surface area (Å²) in [7, 11) is 1.57. The van der Waals surface area contributed by atoms with Crippen molar-refractivity contribution >= 4 is 22.8 Å². The number of pyridine rings is 1. The third kappa shape index (κ3) is 4.53. The summed E-state index contributed by atoms with van der Waals surface area (Å²) in [5.41, 5.74) is -0.766. The van der Waals surface area contributed by atoms with E-state index in [-0.39, 0.29) is 23.1 Å². The lowest BCUT2D eigenvalue weighted by molar-refractivity contribution is -0.135. The number of hydrogen-bond donors (Lipinski definition) is 1. The number of benzene rings is 1. The van der Waals surface area contributed by atoms with Gasteiger partial charge in [-0.25, -0.2) is 23.1 Å². The number of methoxy groups -OCH3 is 1. The standard InChI is InChI=1S/C27H30F3N5O3/c1-15(18-5-4-6-19(22(18)28)23(29)30)33-24-20-13-21(27(38-3)9-11-34(12-10-27)16(2)36)26(37)35(17-7-8-17)25(20)32-14-31-24/h4-6,13-15,17,23H,7-12H2,1-3H3,(H,31,32,33)/t15-/m1/s1. The molecule has 1 amide bonds. The second-order valence-electron chi connectivity index (χ2n) is 10.0. The molecular weight excluding hydrogens is 499 g/mol. The van der Waals surface area contributed by atoms with Crippen LogP contribution in [0.1, 0.15) is 74.7 Å². The van der Waals surface area contributed by atoms with Gasteiger partial charge in [-0.05, 0) is 38.7 Å². The zero-order chi connectivity index (χ0) is 27.2. The van der Waals surface area contributed by atoms with Crippen molar-refractivity contribution in [3.05, 3.63) is 63.5 Å². The Hall–Kier alpha value is -3.47. The average molecular weight is 530 g/mol. The van der Waals surface area contributed by atoms with Gasteiger partial charge in [0.05, 0.1) is 22.6 Å². The quantitative estimate of drug-likeness (QED) is 0.470.